The Balaban J connectivity index is 2.62. The summed E-state index contributed by atoms with van der Waals surface area (Å²) < 4.78 is 5.34. The van der Waals surface area contributed by atoms with Crippen molar-refractivity contribution in [2.75, 3.05) is 6.61 Å². The van der Waals surface area contributed by atoms with Gasteiger partial charge in [0.25, 0.3) is 0 Å². The van der Waals surface area contributed by atoms with Crippen LogP contribution in [0, 0.1) is 0 Å². The average molecular weight is 245 g/mol. The summed E-state index contributed by atoms with van der Waals surface area (Å²) in [6, 6.07) is 4.99. The highest BCUT2D eigenvalue weighted by Gasteiger charge is 2.00. The monoisotopic (exact) mass is 244 g/mol. The molecular weight excluding hydrogens is 235 g/mol. The lowest BCUT2D eigenvalue weighted by atomic mass is 10.3. The van der Waals surface area contributed by atoms with E-state index in [1.807, 2.05) is 0 Å². The molecule has 0 bridgehead atoms. The molecule has 0 amide bonds. The van der Waals surface area contributed by atoms with Crippen LogP contribution in [-0.4, -0.2) is 12.9 Å². The van der Waals surface area contributed by atoms with Crippen LogP contribution in [0.1, 0.15) is 6.92 Å². The predicted molar refractivity (Wildman–Crippen MR) is 61.8 cm³/mol. The molecule has 0 aliphatic heterocycles. The average Bonchev–Trinajstić information content (AvgIpc) is 2.21. The van der Waals surface area contributed by atoms with Gasteiger partial charge < -0.3 is 4.74 Å². The lowest BCUT2D eigenvalue weighted by Crippen LogP contribution is -1.95. The fourth-order valence-corrected chi connectivity index (χ4v) is 1.37. The first-order valence-electron chi connectivity index (χ1n) is 4.33. The minimum atomic E-state index is 0.311. The van der Waals surface area contributed by atoms with Crippen molar-refractivity contribution in [2.24, 2.45) is 0 Å². The third kappa shape index (κ3) is 3.94. The van der Waals surface area contributed by atoms with Gasteiger partial charge in [0.2, 0.25) is 0 Å². The van der Waals surface area contributed by atoms with Crippen molar-refractivity contribution in [1.82, 2.24) is 0 Å². The summed E-state index contributed by atoms with van der Waals surface area (Å²) in [5.41, 5.74) is 0.625. The summed E-state index contributed by atoms with van der Waals surface area (Å²) in [6.45, 7) is 2.02. The zero-order valence-electron chi connectivity index (χ0n) is 8.17. The van der Waals surface area contributed by atoms with Crippen molar-refractivity contribution >= 4 is 29.5 Å². The number of aldehydes is 1. The molecule has 0 N–H and O–H groups in total. The van der Waals surface area contributed by atoms with E-state index >= 15 is 0 Å². The van der Waals surface area contributed by atoms with Crippen LogP contribution in [0.4, 0.5) is 0 Å². The summed E-state index contributed by atoms with van der Waals surface area (Å²) in [7, 11) is 0. The Bertz CT molecular complexity index is 386. The minimum Gasteiger partial charge on any atom is -0.488 e. The number of rotatable bonds is 4. The minimum absolute atomic E-state index is 0.311. The lowest BCUT2D eigenvalue weighted by molar-refractivity contribution is -0.104. The quantitative estimate of drug-likeness (QED) is 0.599. The van der Waals surface area contributed by atoms with Crippen LogP contribution in [0.25, 0.3) is 0 Å². The molecular formula is C11H10Cl2O2. The first-order valence-corrected chi connectivity index (χ1v) is 5.09. The maximum absolute atomic E-state index is 10.3. The van der Waals surface area contributed by atoms with E-state index in [1.54, 1.807) is 31.2 Å². The van der Waals surface area contributed by atoms with Crippen LogP contribution >= 0.6 is 23.2 Å². The molecule has 0 saturated carbocycles. The summed E-state index contributed by atoms with van der Waals surface area (Å²) in [5, 5.41) is 1.02. The fraction of sp³-hybridized carbons (Fsp3) is 0.182. The Hall–Kier alpha value is -0.990. The van der Waals surface area contributed by atoms with E-state index in [1.165, 1.54) is 0 Å². The number of carbonyl (C=O) groups excluding carboxylic acids is 1. The maximum atomic E-state index is 10.3. The Morgan fingerprint density at radius 1 is 1.47 bits per heavy atom. The van der Waals surface area contributed by atoms with E-state index in [2.05, 4.69) is 0 Å². The number of allylic oxidation sites excluding steroid dienone is 1. The number of ether oxygens (including phenoxy) is 1. The first-order chi connectivity index (χ1) is 7.13. The molecule has 0 atom stereocenters. The molecule has 1 rings (SSSR count). The van der Waals surface area contributed by atoms with Crippen molar-refractivity contribution in [3.05, 3.63) is 39.9 Å². The molecule has 0 aromatic heterocycles. The van der Waals surface area contributed by atoms with Crippen LogP contribution in [0.2, 0.25) is 10.0 Å². The van der Waals surface area contributed by atoms with Crippen LogP contribution in [0.5, 0.6) is 5.75 Å². The Morgan fingerprint density at radius 3 is 2.80 bits per heavy atom. The molecule has 4 heteroatoms. The SMILES string of the molecule is CC(C=O)=CCOc1ccc(Cl)cc1Cl. The van der Waals surface area contributed by atoms with E-state index in [4.69, 9.17) is 27.9 Å². The fourth-order valence-electron chi connectivity index (χ4n) is 0.903. The zero-order chi connectivity index (χ0) is 11.3. The Kier molecular flexibility index (Phi) is 4.66. The zero-order valence-corrected chi connectivity index (χ0v) is 9.68. The molecule has 2 nitrogen and oxygen atoms in total. The summed E-state index contributed by atoms with van der Waals surface area (Å²) in [6.07, 6.45) is 2.45. The smallest absolute Gasteiger partial charge is 0.145 e. The van der Waals surface area contributed by atoms with E-state index in [0.717, 1.165) is 6.29 Å². The summed E-state index contributed by atoms with van der Waals surface area (Å²) >= 11 is 11.6. The van der Waals surface area contributed by atoms with E-state index < -0.39 is 0 Å². The third-order valence-electron chi connectivity index (χ3n) is 1.72. The predicted octanol–water partition coefficient (Wildman–Crippen LogP) is 3.52. The number of hydrogen-bond acceptors (Lipinski definition) is 2. The molecule has 0 fully saturated rings. The molecule has 1 aromatic carbocycles. The van der Waals surface area contributed by atoms with E-state index in [-0.39, 0.29) is 0 Å². The van der Waals surface area contributed by atoms with Gasteiger partial charge in [0.15, 0.2) is 0 Å². The van der Waals surface area contributed by atoms with Gasteiger partial charge in [0.05, 0.1) is 5.02 Å². The van der Waals surface area contributed by atoms with Crippen molar-refractivity contribution in [1.29, 1.82) is 0 Å². The second-order valence-corrected chi connectivity index (χ2v) is 3.80. The molecule has 0 aliphatic rings. The highest BCUT2D eigenvalue weighted by Crippen LogP contribution is 2.27. The second-order valence-electron chi connectivity index (χ2n) is 2.95. The van der Waals surface area contributed by atoms with E-state index in [9.17, 15) is 4.79 Å². The highest BCUT2D eigenvalue weighted by atomic mass is 35.5. The highest BCUT2D eigenvalue weighted by molar-refractivity contribution is 6.35. The van der Waals surface area contributed by atoms with Crippen LogP contribution in [0.3, 0.4) is 0 Å². The number of benzene rings is 1. The molecule has 1 aromatic rings. The number of hydrogen-bond donors (Lipinski definition) is 0. The van der Waals surface area contributed by atoms with Gasteiger partial charge in [0.1, 0.15) is 18.6 Å². The third-order valence-corrected chi connectivity index (χ3v) is 2.25. The van der Waals surface area contributed by atoms with Crippen LogP contribution in [-0.2, 0) is 4.79 Å². The van der Waals surface area contributed by atoms with Crippen molar-refractivity contribution < 1.29 is 9.53 Å². The van der Waals surface area contributed by atoms with Gasteiger partial charge in [-0.3, -0.25) is 4.79 Å². The van der Waals surface area contributed by atoms with Gasteiger partial charge in [-0.15, -0.1) is 0 Å². The second kappa shape index (κ2) is 5.79. The van der Waals surface area contributed by atoms with Crippen molar-refractivity contribution in [3.8, 4) is 5.75 Å². The molecule has 0 unspecified atom stereocenters. The topological polar surface area (TPSA) is 26.3 Å². The molecule has 0 saturated heterocycles. The van der Waals surface area contributed by atoms with Crippen LogP contribution in [0.15, 0.2) is 29.8 Å². The van der Waals surface area contributed by atoms with E-state index in [0.29, 0.717) is 28.0 Å². The number of halogens is 2. The number of carbonyl (C=O) groups is 1. The van der Waals surface area contributed by atoms with Gasteiger partial charge in [0, 0.05) is 5.02 Å². The molecule has 0 radical (unpaired) electrons. The van der Waals surface area contributed by atoms with Crippen LogP contribution < -0.4 is 4.74 Å². The first kappa shape index (κ1) is 12.1. The van der Waals surface area contributed by atoms with Gasteiger partial charge in [-0.25, -0.2) is 0 Å². The Labute approximate surface area is 98.4 Å². The standard InChI is InChI=1S/C11H10Cl2O2/c1-8(7-14)4-5-15-11-3-2-9(12)6-10(11)13/h2-4,6-7H,5H2,1H3. The van der Waals surface area contributed by atoms with Gasteiger partial charge in [-0.1, -0.05) is 23.2 Å². The maximum Gasteiger partial charge on any atom is 0.145 e. The summed E-state index contributed by atoms with van der Waals surface area (Å²) in [5.74, 6) is 0.552. The van der Waals surface area contributed by atoms with Gasteiger partial charge >= 0.3 is 0 Å². The molecule has 15 heavy (non-hydrogen) atoms. The van der Waals surface area contributed by atoms with Gasteiger partial charge in [-0.05, 0) is 36.8 Å². The van der Waals surface area contributed by atoms with Gasteiger partial charge in [-0.2, -0.15) is 0 Å². The lowest BCUT2D eigenvalue weighted by Gasteiger charge is -2.05. The molecule has 0 aliphatic carbocycles. The van der Waals surface area contributed by atoms with Crippen molar-refractivity contribution in [2.45, 2.75) is 6.92 Å². The van der Waals surface area contributed by atoms with Crippen molar-refractivity contribution in [3.63, 3.8) is 0 Å². The Morgan fingerprint density at radius 2 is 2.20 bits per heavy atom. The summed E-state index contributed by atoms with van der Waals surface area (Å²) in [4.78, 5) is 10.3. The molecule has 80 valence electrons. The molecule has 0 heterocycles. The molecule has 0 spiro atoms. The normalized spacial score (nSPS) is 11.3. The largest absolute Gasteiger partial charge is 0.488 e.